The molecular weight excluding hydrogens is 482 g/mol. The van der Waals surface area contributed by atoms with Crippen molar-refractivity contribution in [2.75, 3.05) is 0 Å². The third kappa shape index (κ3) is 10.5. The number of carboxylic acids is 1. The predicted molar refractivity (Wildman–Crippen MR) is 136 cm³/mol. The molecule has 0 fully saturated rings. The summed E-state index contributed by atoms with van der Waals surface area (Å²) >= 11 is 0. The van der Waals surface area contributed by atoms with E-state index < -0.39 is 59.7 Å². The molecule has 5 atom stereocenters. The summed E-state index contributed by atoms with van der Waals surface area (Å²) in [5, 5.41) is 26.8. The third-order valence-electron chi connectivity index (χ3n) is 6.07. The van der Waals surface area contributed by atoms with Crippen LogP contribution in [0.15, 0.2) is 24.3 Å². The molecule has 0 aliphatic rings. The van der Waals surface area contributed by atoms with Gasteiger partial charge in [-0.3, -0.25) is 19.2 Å². The Hall–Kier alpha value is -3.67. The molecule has 0 heterocycles. The van der Waals surface area contributed by atoms with Crippen molar-refractivity contribution in [1.29, 1.82) is 0 Å². The van der Waals surface area contributed by atoms with Crippen LogP contribution in [0.2, 0.25) is 0 Å². The Balaban J connectivity index is 3.12. The molecule has 0 saturated carbocycles. The van der Waals surface area contributed by atoms with E-state index in [9.17, 15) is 34.2 Å². The zero-order valence-corrected chi connectivity index (χ0v) is 21.7. The van der Waals surface area contributed by atoms with Gasteiger partial charge in [-0.2, -0.15) is 0 Å². The van der Waals surface area contributed by atoms with Gasteiger partial charge in [0.25, 0.3) is 0 Å². The first-order chi connectivity index (χ1) is 17.3. The fraction of sp³-hybridized carbons (Fsp3) is 0.560. The number of hydrogen-bond donors (Lipinski definition) is 7. The summed E-state index contributed by atoms with van der Waals surface area (Å²) in [7, 11) is 0. The van der Waals surface area contributed by atoms with Crippen LogP contribution in [0, 0.1) is 11.8 Å². The van der Waals surface area contributed by atoms with E-state index in [0.717, 1.165) is 0 Å². The molecule has 5 unspecified atom stereocenters. The summed E-state index contributed by atoms with van der Waals surface area (Å²) < 4.78 is 0. The molecular formula is C25H39N5O7. The lowest BCUT2D eigenvalue weighted by molar-refractivity contribution is -0.144. The van der Waals surface area contributed by atoms with Gasteiger partial charge < -0.3 is 37.6 Å². The van der Waals surface area contributed by atoms with Gasteiger partial charge in [0.2, 0.25) is 23.6 Å². The summed E-state index contributed by atoms with van der Waals surface area (Å²) in [5.41, 5.74) is 11.5. The number of primary amides is 1. The van der Waals surface area contributed by atoms with Crippen molar-refractivity contribution in [3.05, 3.63) is 29.8 Å². The molecule has 0 radical (unpaired) electrons. The van der Waals surface area contributed by atoms with E-state index in [0.29, 0.717) is 12.0 Å². The number of carboxylic acid groups (broad SMARTS) is 1. The number of carbonyl (C=O) groups excluding carboxylic acids is 4. The number of nitrogens with two attached hydrogens (primary N) is 2. The lowest BCUT2D eigenvalue weighted by Crippen LogP contribution is -2.59. The normalized spacial score (nSPS) is 15.1. The molecule has 0 aliphatic carbocycles. The highest BCUT2D eigenvalue weighted by Crippen LogP contribution is 2.14. The Morgan fingerprint density at radius 3 is 1.95 bits per heavy atom. The highest BCUT2D eigenvalue weighted by atomic mass is 16.4. The Labute approximate surface area is 216 Å². The van der Waals surface area contributed by atoms with Crippen molar-refractivity contribution >= 4 is 29.6 Å². The molecule has 37 heavy (non-hydrogen) atoms. The molecule has 1 aromatic carbocycles. The van der Waals surface area contributed by atoms with Crippen LogP contribution in [0.4, 0.5) is 0 Å². The second kappa shape index (κ2) is 14.8. The van der Waals surface area contributed by atoms with Gasteiger partial charge >= 0.3 is 5.97 Å². The van der Waals surface area contributed by atoms with Gasteiger partial charge in [-0.05, 0) is 36.0 Å². The number of rotatable bonds is 15. The van der Waals surface area contributed by atoms with Crippen LogP contribution in [0.1, 0.15) is 52.5 Å². The lowest BCUT2D eigenvalue weighted by Gasteiger charge is -2.28. The maximum absolute atomic E-state index is 13.2. The van der Waals surface area contributed by atoms with E-state index >= 15 is 0 Å². The van der Waals surface area contributed by atoms with Gasteiger partial charge in [-0.25, -0.2) is 4.79 Å². The highest BCUT2D eigenvalue weighted by molar-refractivity contribution is 5.94. The quantitative estimate of drug-likeness (QED) is 0.163. The van der Waals surface area contributed by atoms with Crippen molar-refractivity contribution in [3.63, 3.8) is 0 Å². The van der Waals surface area contributed by atoms with Gasteiger partial charge in [0.05, 0.1) is 6.04 Å². The zero-order chi connectivity index (χ0) is 28.3. The van der Waals surface area contributed by atoms with Crippen LogP contribution in [-0.2, 0) is 30.4 Å². The SMILES string of the molecule is CCC(C)C(NC(=O)C(Cc1ccc(O)cc1)NC(=O)C(NC(=O)C(N)CCC(N)=O)C(C)C)C(=O)O. The summed E-state index contributed by atoms with van der Waals surface area (Å²) in [6.45, 7) is 6.88. The smallest absolute Gasteiger partial charge is 0.326 e. The number of hydrogen-bond acceptors (Lipinski definition) is 7. The number of benzene rings is 1. The van der Waals surface area contributed by atoms with Crippen molar-refractivity contribution in [2.45, 2.75) is 77.5 Å². The largest absolute Gasteiger partial charge is 0.508 e. The number of nitrogens with one attached hydrogen (secondary N) is 3. The molecule has 0 aromatic heterocycles. The molecule has 0 bridgehead atoms. The molecule has 9 N–H and O–H groups in total. The van der Waals surface area contributed by atoms with E-state index in [-0.39, 0.29) is 30.9 Å². The van der Waals surface area contributed by atoms with Crippen LogP contribution in [-0.4, -0.2) is 64.0 Å². The van der Waals surface area contributed by atoms with Crippen molar-refractivity contribution < 1.29 is 34.2 Å². The lowest BCUT2D eigenvalue weighted by atomic mass is 9.97. The van der Waals surface area contributed by atoms with Gasteiger partial charge in [-0.1, -0.05) is 46.2 Å². The molecule has 0 spiro atoms. The first kappa shape index (κ1) is 31.4. The summed E-state index contributed by atoms with van der Waals surface area (Å²) in [6, 6.07) is 1.53. The average molecular weight is 522 g/mol. The van der Waals surface area contributed by atoms with E-state index in [2.05, 4.69) is 16.0 Å². The Kier molecular flexibility index (Phi) is 12.5. The molecule has 4 amide bonds. The maximum atomic E-state index is 13.2. The van der Waals surface area contributed by atoms with Gasteiger partial charge in [0.15, 0.2) is 0 Å². The predicted octanol–water partition coefficient (Wildman–Crippen LogP) is -0.231. The van der Waals surface area contributed by atoms with Gasteiger partial charge in [-0.15, -0.1) is 0 Å². The molecule has 0 aliphatic heterocycles. The standard InChI is InChI=1S/C25H39N5O7/c1-5-14(4)21(25(36)37)30-23(34)18(12-15-6-8-16(31)9-7-15)28-24(35)20(13(2)3)29-22(33)17(26)10-11-19(27)32/h6-9,13-14,17-18,20-21,31H,5,10-12,26H2,1-4H3,(H2,27,32)(H,28,35)(H,29,33)(H,30,34)(H,36,37). The Morgan fingerprint density at radius 2 is 1.46 bits per heavy atom. The second-order valence-corrected chi connectivity index (χ2v) is 9.48. The summed E-state index contributed by atoms with van der Waals surface area (Å²) in [4.78, 5) is 61.6. The van der Waals surface area contributed by atoms with E-state index in [1.54, 1.807) is 39.8 Å². The molecule has 1 aromatic rings. The highest BCUT2D eigenvalue weighted by Gasteiger charge is 2.33. The minimum absolute atomic E-state index is 0.00157. The van der Waals surface area contributed by atoms with Crippen LogP contribution in [0.5, 0.6) is 5.75 Å². The van der Waals surface area contributed by atoms with E-state index in [1.807, 2.05) is 0 Å². The summed E-state index contributed by atoms with van der Waals surface area (Å²) in [6.07, 6.45) is 0.417. The van der Waals surface area contributed by atoms with Gasteiger partial charge in [0.1, 0.15) is 23.9 Å². The number of phenols is 1. The number of phenolic OH excluding ortho intramolecular Hbond substituents is 1. The summed E-state index contributed by atoms with van der Waals surface area (Å²) in [5.74, 6) is -4.58. The first-order valence-corrected chi connectivity index (χ1v) is 12.2. The number of aliphatic carboxylic acids is 1. The second-order valence-electron chi connectivity index (χ2n) is 9.48. The minimum Gasteiger partial charge on any atom is -0.508 e. The first-order valence-electron chi connectivity index (χ1n) is 12.2. The molecule has 12 heteroatoms. The average Bonchev–Trinajstić information content (AvgIpc) is 2.83. The van der Waals surface area contributed by atoms with Crippen molar-refractivity contribution in [2.24, 2.45) is 23.3 Å². The minimum atomic E-state index is -1.20. The van der Waals surface area contributed by atoms with Crippen LogP contribution >= 0.6 is 0 Å². The molecule has 0 saturated heterocycles. The molecule has 12 nitrogen and oxygen atoms in total. The molecule has 1 rings (SSSR count). The number of carbonyl (C=O) groups is 5. The maximum Gasteiger partial charge on any atom is 0.326 e. The van der Waals surface area contributed by atoms with Crippen LogP contribution in [0.3, 0.4) is 0 Å². The number of amides is 4. The van der Waals surface area contributed by atoms with E-state index in [4.69, 9.17) is 11.5 Å². The zero-order valence-electron chi connectivity index (χ0n) is 21.7. The molecule has 206 valence electrons. The van der Waals surface area contributed by atoms with Crippen LogP contribution < -0.4 is 27.4 Å². The topological polar surface area (TPSA) is 214 Å². The van der Waals surface area contributed by atoms with Crippen molar-refractivity contribution in [1.82, 2.24) is 16.0 Å². The van der Waals surface area contributed by atoms with Crippen LogP contribution in [0.25, 0.3) is 0 Å². The van der Waals surface area contributed by atoms with E-state index in [1.165, 1.54) is 12.1 Å². The third-order valence-corrected chi connectivity index (χ3v) is 6.07. The number of aromatic hydroxyl groups is 1. The fourth-order valence-electron chi connectivity index (χ4n) is 3.50. The Morgan fingerprint density at radius 1 is 0.892 bits per heavy atom. The van der Waals surface area contributed by atoms with Crippen molar-refractivity contribution in [3.8, 4) is 5.75 Å². The Bertz CT molecular complexity index is 951. The monoisotopic (exact) mass is 521 g/mol. The fourth-order valence-corrected chi connectivity index (χ4v) is 3.50. The van der Waals surface area contributed by atoms with Gasteiger partial charge in [0, 0.05) is 12.8 Å².